The van der Waals surface area contributed by atoms with E-state index in [-0.39, 0.29) is 18.2 Å². The Kier molecular flexibility index (Phi) is 7.95. The van der Waals surface area contributed by atoms with Gasteiger partial charge in [-0.3, -0.25) is 18.8 Å². The first-order valence-corrected chi connectivity index (χ1v) is 8.18. The Bertz CT molecular complexity index is 286. The highest BCUT2D eigenvalue weighted by atomic mass is 31.2. The fraction of sp³-hybridized carbons (Fsp3) is 0.917. The SMILES string of the molecule is CCOP(=O)(CC)OC(C=O)N(C(C)C)C(C)C. The highest BCUT2D eigenvalue weighted by Gasteiger charge is 2.32. The Morgan fingerprint density at radius 1 is 1.17 bits per heavy atom. The molecule has 0 radical (unpaired) electrons. The standard InChI is InChI=1S/C12H26NO4P/c1-7-16-18(15,8-2)17-12(9-14)13(10(3)4)11(5)6/h9-12H,7-8H2,1-6H3. The first-order valence-electron chi connectivity index (χ1n) is 6.46. The zero-order valence-corrected chi connectivity index (χ0v) is 13.1. The summed E-state index contributed by atoms with van der Waals surface area (Å²) < 4.78 is 22.9. The van der Waals surface area contributed by atoms with E-state index >= 15 is 0 Å². The van der Waals surface area contributed by atoms with E-state index in [1.54, 1.807) is 13.8 Å². The third kappa shape index (κ3) is 5.19. The maximum atomic E-state index is 12.3. The first kappa shape index (κ1) is 17.8. The van der Waals surface area contributed by atoms with Crippen LogP contribution < -0.4 is 0 Å². The summed E-state index contributed by atoms with van der Waals surface area (Å²) in [6.45, 7) is 11.7. The van der Waals surface area contributed by atoms with Gasteiger partial charge < -0.3 is 4.52 Å². The number of aldehydes is 1. The van der Waals surface area contributed by atoms with Gasteiger partial charge in [0.15, 0.2) is 12.5 Å². The van der Waals surface area contributed by atoms with Crippen LogP contribution in [-0.2, 0) is 18.4 Å². The molecular formula is C12H26NO4P. The number of carbonyl (C=O) groups excluding carboxylic acids is 1. The molecule has 0 saturated heterocycles. The summed E-state index contributed by atoms with van der Waals surface area (Å²) in [6, 6.07) is 0.235. The number of carbonyl (C=O) groups is 1. The van der Waals surface area contributed by atoms with Gasteiger partial charge in [0.1, 0.15) is 0 Å². The minimum absolute atomic E-state index is 0.118. The first-order chi connectivity index (χ1) is 8.31. The molecule has 0 amide bonds. The van der Waals surface area contributed by atoms with Crippen molar-refractivity contribution in [2.75, 3.05) is 12.8 Å². The second-order valence-corrected chi connectivity index (χ2v) is 6.93. The van der Waals surface area contributed by atoms with Gasteiger partial charge in [-0.15, -0.1) is 0 Å². The molecule has 0 fully saturated rings. The van der Waals surface area contributed by atoms with Crippen molar-refractivity contribution >= 4 is 13.9 Å². The van der Waals surface area contributed by atoms with Crippen LogP contribution in [0.25, 0.3) is 0 Å². The fourth-order valence-corrected chi connectivity index (χ4v) is 3.16. The molecule has 0 bridgehead atoms. The second kappa shape index (κ2) is 8.05. The van der Waals surface area contributed by atoms with Crippen LogP contribution in [0.2, 0.25) is 0 Å². The molecule has 0 aliphatic heterocycles. The van der Waals surface area contributed by atoms with Crippen LogP contribution in [0.5, 0.6) is 0 Å². The molecule has 5 nitrogen and oxygen atoms in total. The summed E-state index contributed by atoms with van der Waals surface area (Å²) >= 11 is 0. The Morgan fingerprint density at radius 2 is 1.67 bits per heavy atom. The summed E-state index contributed by atoms with van der Waals surface area (Å²) in [5.41, 5.74) is 0. The minimum atomic E-state index is -3.18. The Morgan fingerprint density at radius 3 is 1.94 bits per heavy atom. The van der Waals surface area contributed by atoms with Crippen LogP contribution in [-0.4, -0.2) is 42.3 Å². The van der Waals surface area contributed by atoms with Gasteiger partial charge in [-0.1, -0.05) is 6.92 Å². The van der Waals surface area contributed by atoms with Crippen LogP contribution in [0.1, 0.15) is 41.5 Å². The lowest BCUT2D eigenvalue weighted by Gasteiger charge is -2.36. The third-order valence-corrected chi connectivity index (χ3v) is 4.55. The fourth-order valence-electron chi connectivity index (χ4n) is 1.89. The smallest absolute Gasteiger partial charge is 0.309 e. The molecule has 0 heterocycles. The monoisotopic (exact) mass is 279 g/mol. The van der Waals surface area contributed by atoms with Crippen LogP contribution in [0, 0.1) is 0 Å². The lowest BCUT2D eigenvalue weighted by molar-refractivity contribution is -0.126. The maximum Gasteiger partial charge on any atom is 0.332 e. The highest BCUT2D eigenvalue weighted by molar-refractivity contribution is 7.53. The van der Waals surface area contributed by atoms with Crippen molar-refractivity contribution in [1.82, 2.24) is 4.90 Å². The predicted octanol–water partition coefficient (Wildman–Crippen LogP) is 2.90. The summed E-state index contributed by atoms with van der Waals surface area (Å²) in [4.78, 5) is 13.1. The van der Waals surface area contributed by atoms with E-state index in [1.165, 1.54) is 0 Å². The van der Waals surface area contributed by atoms with Crippen molar-refractivity contribution in [2.24, 2.45) is 0 Å². The summed E-state index contributed by atoms with van der Waals surface area (Å²) in [5.74, 6) is 0. The van der Waals surface area contributed by atoms with Crippen LogP contribution >= 0.6 is 7.60 Å². The van der Waals surface area contributed by atoms with E-state index in [2.05, 4.69) is 0 Å². The van der Waals surface area contributed by atoms with E-state index in [9.17, 15) is 9.36 Å². The second-order valence-electron chi connectivity index (χ2n) is 4.61. The molecule has 108 valence electrons. The van der Waals surface area contributed by atoms with Gasteiger partial charge >= 0.3 is 7.60 Å². The molecule has 2 atom stereocenters. The normalized spacial score (nSPS) is 17.2. The van der Waals surface area contributed by atoms with Crippen LogP contribution in [0.15, 0.2) is 0 Å². The van der Waals surface area contributed by atoms with Gasteiger partial charge in [0.2, 0.25) is 0 Å². The quantitative estimate of drug-likeness (QED) is 0.369. The predicted molar refractivity (Wildman–Crippen MR) is 72.8 cm³/mol. The summed E-state index contributed by atoms with van der Waals surface area (Å²) in [7, 11) is -3.18. The van der Waals surface area contributed by atoms with Gasteiger partial charge in [0, 0.05) is 18.2 Å². The van der Waals surface area contributed by atoms with E-state index in [1.807, 2.05) is 32.6 Å². The Labute approximate surface area is 110 Å². The molecule has 0 aliphatic carbocycles. The van der Waals surface area contributed by atoms with Crippen molar-refractivity contribution in [2.45, 2.75) is 59.9 Å². The maximum absolute atomic E-state index is 12.3. The lowest BCUT2D eigenvalue weighted by Crippen LogP contribution is -2.47. The molecule has 0 aromatic heterocycles. The Hall–Kier alpha value is -0.220. The minimum Gasteiger partial charge on any atom is -0.309 e. The number of hydrogen-bond donors (Lipinski definition) is 0. The number of hydrogen-bond acceptors (Lipinski definition) is 5. The van der Waals surface area contributed by atoms with E-state index in [0.29, 0.717) is 12.9 Å². The van der Waals surface area contributed by atoms with Gasteiger partial charge in [0.05, 0.1) is 6.61 Å². The largest absolute Gasteiger partial charge is 0.332 e. The van der Waals surface area contributed by atoms with Crippen molar-refractivity contribution < 1.29 is 18.4 Å². The molecule has 0 aromatic carbocycles. The molecule has 18 heavy (non-hydrogen) atoms. The molecule has 0 aromatic rings. The van der Waals surface area contributed by atoms with Crippen LogP contribution in [0.4, 0.5) is 0 Å². The van der Waals surface area contributed by atoms with E-state index in [4.69, 9.17) is 9.05 Å². The lowest BCUT2D eigenvalue weighted by atomic mass is 10.2. The Balaban J connectivity index is 4.96. The third-order valence-electron chi connectivity index (χ3n) is 2.58. The van der Waals surface area contributed by atoms with Gasteiger partial charge in [0.25, 0.3) is 0 Å². The molecular weight excluding hydrogens is 253 g/mol. The molecule has 0 saturated carbocycles. The van der Waals surface area contributed by atoms with Gasteiger partial charge in [-0.05, 0) is 34.6 Å². The van der Waals surface area contributed by atoms with Crippen molar-refractivity contribution in [1.29, 1.82) is 0 Å². The van der Waals surface area contributed by atoms with Crippen molar-refractivity contribution in [3.8, 4) is 0 Å². The zero-order valence-electron chi connectivity index (χ0n) is 12.3. The molecule has 0 aliphatic rings. The molecule has 6 heteroatoms. The topological polar surface area (TPSA) is 55.8 Å². The molecule has 0 N–H and O–H groups in total. The number of nitrogens with zero attached hydrogens (tertiary/aromatic N) is 1. The van der Waals surface area contributed by atoms with E-state index in [0.717, 1.165) is 0 Å². The molecule has 2 unspecified atom stereocenters. The number of rotatable bonds is 9. The average molecular weight is 279 g/mol. The summed E-state index contributed by atoms with van der Waals surface area (Å²) in [5, 5.41) is 0. The summed E-state index contributed by atoms with van der Waals surface area (Å²) in [6.07, 6.45) is 0.110. The highest BCUT2D eigenvalue weighted by Crippen LogP contribution is 2.49. The van der Waals surface area contributed by atoms with Crippen molar-refractivity contribution in [3.63, 3.8) is 0 Å². The van der Waals surface area contributed by atoms with Gasteiger partial charge in [-0.25, -0.2) is 0 Å². The van der Waals surface area contributed by atoms with E-state index < -0.39 is 13.8 Å². The molecule has 0 rings (SSSR count). The molecule has 0 spiro atoms. The van der Waals surface area contributed by atoms with Crippen LogP contribution in [0.3, 0.4) is 0 Å². The van der Waals surface area contributed by atoms with Gasteiger partial charge in [-0.2, -0.15) is 0 Å². The zero-order chi connectivity index (χ0) is 14.3. The van der Waals surface area contributed by atoms with Crippen molar-refractivity contribution in [3.05, 3.63) is 0 Å². The average Bonchev–Trinajstić information content (AvgIpc) is 2.27.